The van der Waals surface area contributed by atoms with Crippen molar-refractivity contribution in [2.75, 3.05) is 19.6 Å². The lowest BCUT2D eigenvalue weighted by molar-refractivity contribution is -0.122. The third kappa shape index (κ3) is 4.30. The van der Waals surface area contributed by atoms with E-state index in [1.807, 2.05) is 59.4 Å². The fraction of sp³-hybridized carbons (Fsp3) is 0.273. The highest BCUT2D eigenvalue weighted by molar-refractivity contribution is 5.78. The highest BCUT2D eigenvalue weighted by Gasteiger charge is 2.31. The standard InChI is InChI=1S/C22H25N5O/c23-21-15-26(14-20(21)18-7-3-1-4-8-18)16-22(28)24-11-17-12-25-27(13-17)19-9-5-2-6-10-19/h1-10,12-13,20-21H,11,14-16,23H2,(H,24,28)/t20-,21+/m0/s1. The topological polar surface area (TPSA) is 76.2 Å². The molecule has 3 N–H and O–H groups in total. The fourth-order valence-electron chi connectivity index (χ4n) is 3.73. The van der Waals surface area contributed by atoms with Gasteiger partial charge >= 0.3 is 0 Å². The minimum Gasteiger partial charge on any atom is -0.351 e. The van der Waals surface area contributed by atoms with E-state index < -0.39 is 0 Å². The highest BCUT2D eigenvalue weighted by Crippen LogP contribution is 2.25. The molecule has 0 spiro atoms. The Morgan fingerprint density at radius 1 is 1.07 bits per heavy atom. The van der Waals surface area contributed by atoms with Gasteiger partial charge in [0, 0.05) is 43.4 Å². The van der Waals surface area contributed by atoms with Crippen LogP contribution in [-0.4, -0.2) is 46.3 Å². The second-order valence-corrected chi connectivity index (χ2v) is 7.28. The number of para-hydroxylation sites is 1. The lowest BCUT2D eigenvalue weighted by atomic mass is 9.95. The molecule has 6 nitrogen and oxygen atoms in total. The van der Waals surface area contributed by atoms with E-state index >= 15 is 0 Å². The normalized spacial score (nSPS) is 19.6. The number of carbonyl (C=O) groups is 1. The van der Waals surface area contributed by atoms with Gasteiger partial charge < -0.3 is 11.1 Å². The molecule has 2 heterocycles. The van der Waals surface area contributed by atoms with Crippen molar-refractivity contribution in [2.24, 2.45) is 5.73 Å². The number of nitrogens with zero attached hydrogens (tertiary/aromatic N) is 3. The van der Waals surface area contributed by atoms with E-state index in [9.17, 15) is 4.79 Å². The molecular weight excluding hydrogens is 350 g/mol. The first-order valence-electron chi connectivity index (χ1n) is 9.57. The number of hydrogen-bond donors (Lipinski definition) is 2. The van der Waals surface area contributed by atoms with Gasteiger partial charge in [0.2, 0.25) is 5.91 Å². The minimum atomic E-state index is 0.00775. The van der Waals surface area contributed by atoms with Crippen molar-refractivity contribution in [3.63, 3.8) is 0 Å². The maximum atomic E-state index is 12.4. The zero-order chi connectivity index (χ0) is 19.3. The first-order chi connectivity index (χ1) is 13.7. The van der Waals surface area contributed by atoms with Gasteiger partial charge in [0.1, 0.15) is 0 Å². The number of amides is 1. The molecule has 0 saturated carbocycles. The van der Waals surface area contributed by atoms with Crippen LogP contribution in [0.15, 0.2) is 73.1 Å². The molecule has 2 aromatic carbocycles. The van der Waals surface area contributed by atoms with Crippen LogP contribution in [0.3, 0.4) is 0 Å². The fourth-order valence-corrected chi connectivity index (χ4v) is 3.73. The summed E-state index contributed by atoms with van der Waals surface area (Å²) >= 11 is 0. The van der Waals surface area contributed by atoms with Crippen molar-refractivity contribution in [3.8, 4) is 5.69 Å². The molecule has 0 unspecified atom stereocenters. The first-order valence-corrected chi connectivity index (χ1v) is 9.57. The SMILES string of the molecule is N[C@@H]1CN(CC(=O)NCc2cnn(-c3ccccc3)c2)C[C@H]1c1ccccc1. The summed E-state index contributed by atoms with van der Waals surface area (Å²) in [6, 6.07) is 20.3. The summed E-state index contributed by atoms with van der Waals surface area (Å²) in [5.41, 5.74) is 9.53. The van der Waals surface area contributed by atoms with Gasteiger partial charge in [0.25, 0.3) is 0 Å². The minimum absolute atomic E-state index is 0.00775. The van der Waals surface area contributed by atoms with Gasteiger partial charge in [-0.05, 0) is 17.7 Å². The Balaban J connectivity index is 1.28. The largest absolute Gasteiger partial charge is 0.351 e. The molecule has 1 aromatic heterocycles. The van der Waals surface area contributed by atoms with E-state index in [4.69, 9.17) is 5.73 Å². The van der Waals surface area contributed by atoms with E-state index in [0.717, 1.165) is 24.3 Å². The molecule has 1 fully saturated rings. The van der Waals surface area contributed by atoms with Crippen molar-refractivity contribution in [3.05, 3.63) is 84.2 Å². The summed E-state index contributed by atoms with van der Waals surface area (Å²) in [5, 5.41) is 7.34. The Labute approximate surface area is 165 Å². The average molecular weight is 375 g/mol. The van der Waals surface area contributed by atoms with E-state index in [1.54, 1.807) is 6.20 Å². The number of nitrogens with two attached hydrogens (primary N) is 1. The smallest absolute Gasteiger partial charge is 0.234 e. The van der Waals surface area contributed by atoms with Crippen LogP contribution in [-0.2, 0) is 11.3 Å². The maximum absolute atomic E-state index is 12.4. The van der Waals surface area contributed by atoms with Gasteiger partial charge in [-0.2, -0.15) is 5.10 Å². The van der Waals surface area contributed by atoms with Crippen LogP contribution in [0.25, 0.3) is 5.69 Å². The Bertz CT molecular complexity index is 909. The molecule has 6 heteroatoms. The predicted molar refractivity (Wildman–Crippen MR) is 109 cm³/mol. The lowest BCUT2D eigenvalue weighted by Gasteiger charge is -2.15. The second kappa shape index (κ2) is 8.37. The molecule has 0 radical (unpaired) electrons. The predicted octanol–water partition coefficient (Wildman–Crippen LogP) is 1.92. The second-order valence-electron chi connectivity index (χ2n) is 7.28. The Hall–Kier alpha value is -2.96. The Morgan fingerprint density at radius 2 is 1.79 bits per heavy atom. The van der Waals surface area contributed by atoms with Crippen molar-refractivity contribution in [1.29, 1.82) is 0 Å². The molecule has 3 aromatic rings. The molecular formula is C22H25N5O. The zero-order valence-electron chi connectivity index (χ0n) is 15.7. The van der Waals surface area contributed by atoms with Gasteiger partial charge in [-0.3, -0.25) is 9.69 Å². The van der Waals surface area contributed by atoms with Crippen molar-refractivity contribution in [2.45, 2.75) is 18.5 Å². The van der Waals surface area contributed by atoms with Crippen molar-refractivity contribution in [1.82, 2.24) is 20.0 Å². The third-order valence-electron chi connectivity index (χ3n) is 5.18. The Morgan fingerprint density at radius 3 is 2.54 bits per heavy atom. The van der Waals surface area contributed by atoms with Crippen LogP contribution in [0.4, 0.5) is 0 Å². The van der Waals surface area contributed by atoms with E-state index in [-0.39, 0.29) is 17.9 Å². The molecule has 2 atom stereocenters. The van der Waals surface area contributed by atoms with Crippen molar-refractivity contribution < 1.29 is 4.79 Å². The van der Waals surface area contributed by atoms with Gasteiger partial charge in [0.05, 0.1) is 18.4 Å². The molecule has 1 aliphatic heterocycles. The first kappa shape index (κ1) is 18.4. The van der Waals surface area contributed by atoms with Crippen LogP contribution in [0.1, 0.15) is 17.0 Å². The highest BCUT2D eigenvalue weighted by atomic mass is 16.2. The molecule has 1 amide bonds. The summed E-state index contributed by atoms with van der Waals surface area (Å²) in [4.78, 5) is 14.5. The number of carbonyl (C=O) groups excluding carboxylic acids is 1. The molecule has 1 aliphatic rings. The number of rotatable bonds is 6. The molecule has 4 rings (SSSR count). The Kier molecular flexibility index (Phi) is 5.50. The summed E-state index contributed by atoms with van der Waals surface area (Å²) in [6.45, 7) is 2.38. The maximum Gasteiger partial charge on any atom is 0.234 e. The van der Waals surface area contributed by atoms with E-state index in [1.165, 1.54) is 5.56 Å². The summed E-state index contributed by atoms with van der Waals surface area (Å²) < 4.78 is 1.81. The van der Waals surface area contributed by atoms with E-state index in [0.29, 0.717) is 13.1 Å². The lowest BCUT2D eigenvalue weighted by Crippen LogP contribution is -2.37. The average Bonchev–Trinajstić information content (AvgIpc) is 3.34. The van der Waals surface area contributed by atoms with Crippen LogP contribution in [0, 0.1) is 0 Å². The zero-order valence-corrected chi connectivity index (χ0v) is 15.7. The van der Waals surface area contributed by atoms with Gasteiger partial charge in [-0.1, -0.05) is 48.5 Å². The molecule has 0 bridgehead atoms. The van der Waals surface area contributed by atoms with E-state index in [2.05, 4.69) is 27.4 Å². The number of likely N-dealkylation sites (tertiary alicyclic amines) is 1. The van der Waals surface area contributed by atoms with Crippen LogP contribution < -0.4 is 11.1 Å². The molecule has 28 heavy (non-hydrogen) atoms. The number of nitrogens with one attached hydrogen (secondary N) is 1. The number of hydrogen-bond acceptors (Lipinski definition) is 4. The van der Waals surface area contributed by atoms with Gasteiger partial charge in [0.15, 0.2) is 0 Å². The number of aromatic nitrogens is 2. The summed E-state index contributed by atoms with van der Waals surface area (Å²) in [7, 11) is 0. The molecule has 1 saturated heterocycles. The van der Waals surface area contributed by atoms with Crippen LogP contribution >= 0.6 is 0 Å². The van der Waals surface area contributed by atoms with Crippen molar-refractivity contribution >= 4 is 5.91 Å². The number of benzene rings is 2. The van der Waals surface area contributed by atoms with Gasteiger partial charge in [-0.15, -0.1) is 0 Å². The monoisotopic (exact) mass is 375 g/mol. The van der Waals surface area contributed by atoms with Gasteiger partial charge in [-0.25, -0.2) is 4.68 Å². The third-order valence-corrected chi connectivity index (χ3v) is 5.18. The van der Waals surface area contributed by atoms with Crippen LogP contribution in [0.5, 0.6) is 0 Å². The summed E-state index contributed by atoms with van der Waals surface area (Å²) in [5.74, 6) is 0.284. The van der Waals surface area contributed by atoms with Crippen LogP contribution in [0.2, 0.25) is 0 Å². The molecule has 0 aliphatic carbocycles. The molecule has 144 valence electrons. The summed E-state index contributed by atoms with van der Waals surface area (Å²) in [6.07, 6.45) is 3.72. The quantitative estimate of drug-likeness (QED) is 0.690.